The van der Waals surface area contributed by atoms with Gasteiger partial charge in [0, 0.05) is 17.7 Å². The average Bonchev–Trinajstić information content (AvgIpc) is 2.95. The van der Waals surface area contributed by atoms with Crippen molar-refractivity contribution < 1.29 is 22.1 Å². The number of allylic oxidation sites excluding steroid dienone is 2. The maximum atomic E-state index is 14.8. The van der Waals surface area contributed by atoms with E-state index in [1.54, 1.807) is 17.7 Å². The highest BCUT2D eigenvalue weighted by Crippen LogP contribution is 2.40. The SMILES string of the molecule is C[N+]1=C(/C=C(\C#N)c2c(F)c(F)c(C(C#N)C#N)c(F)c2F)C(C)(C)c2ccccc21. The van der Waals surface area contributed by atoms with Gasteiger partial charge in [0.05, 0.1) is 34.3 Å². The maximum Gasteiger partial charge on any atom is 0.209 e. The summed E-state index contributed by atoms with van der Waals surface area (Å²) in [6, 6.07) is 11.5. The predicted octanol–water partition coefficient (Wildman–Crippen LogP) is 4.99. The molecule has 1 heterocycles. The van der Waals surface area contributed by atoms with Crippen LogP contribution < -0.4 is 0 Å². The summed E-state index contributed by atoms with van der Waals surface area (Å²) in [5.74, 6) is -9.48. The second-order valence-corrected chi connectivity index (χ2v) is 7.49. The Hall–Kier alpha value is -3.96. The molecule has 0 saturated heterocycles. The van der Waals surface area contributed by atoms with Crippen LogP contribution in [-0.2, 0) is 5.41 Å². The molecule has 3 rings (SSSR count). The molecular formula is C23H15F4N4+. The van der Waals surface area contributed by atoms with Crippen LogP contribution in [0.4, 0.5) is 23.2 Å². The van der Waals surface area contributed by atoms with E-state index in [4.69, 9.17) is 10.5 Å². The van der Waals surface area contributed by atoms with Crippen LogP contribution in [0.1, 0.15) is 36.5 Å². The fraction of sp³-hybridized carbons (Fsp3) is 0.217. The van der Waals surface area contributed by atoms with Crippen molar-refractivity contribution in [3.63, 3.8) is 0 Å². The van der Waals surface area contributed by atoms with Gasteiger partial charge in [-0.3, -0.25) is 0 Å². The molecule has 0 aliphatic carbocycles. The van der Waals surface area contributed by atoms with Gasteiger partial charge in [0.2, 0.25) is 5.69 Å². The minimum atomic E-state index is -2.05. The number of para-hydroxylation sites is 1. The predicted molar refractivity (Wildman–Crippen MR) is 104 cm³/mol. The summed E-state index contributed by atoms with van der Waals surface area (Å²) in [5.41, 5.74) is -1.60. The normalized spacial score (nSPS) is 14.8. The van der Waals surface area contributed by atoms with Gasteiger partial charge in [0.25, 0.3) is 0 Å². The van der Waals surface area contributed by atoms with E-state index in [1.807, 2.05) is 38.1 Å². The molecule has 2 aromatic rings. The van der Waals surface area contributed by atoms with Crippen molar-refractivity contribution in [3.8, 4) is 18.2 Å². The number of nitrogens with zero attached hydrogens (tertiary/aromatic N) is 4. The van der Waals surface area contributed by atoms with Gasteiger partial charge in [-0.2, -0.15) is 20.4 Å². The van der Waals surface area contributed by atoms with Crippen molar-refractivity contribution in [3.05, 3.63) is 70.3 Å². The number of nitriles is 3. The second-order valence-electron chi connectivity index (χ2n) is 7.49. The zero-order chi connectivity index (χ0) is 23.1. The first kappa shape index (κ1) is 21.7. The molecule has 31 heavy (non-hydrogen) atoms. The fourth-order valence-corrected chi connectivity index (χ4v) is 3.85. The van der Waals surface area contributed by atoms with Crippen LogP contribution in [-0.4, -0.2) is 17.3 Å². The largest absolute Gasteiger partial charge is 0.209 e. The van der Waals surface area contributed by atoms with E-state index in [2.05, 4.69) is 0 Å². The van der Waals surface area contributed by atoms with Crippen LogP contribution in [0.2, 0.25) is 0 Å². The van der Waals surface area contributed by atoms with Crippen molar-refractivity contribution in [2.24, 2.45) is 0 Å². The van der Waals surface area contributed by atoms with Gasteiger partial charge in [-0.05, 0) is 13.8 Å². The average molecular weight is 423 g/mol. The van der Waals surface area contributed by atoms with Crippen molar-refractivity contribution in [1.82, 2.24) is 0 Å². The Morgan fingerprint density at radius 3 is 2.00 bits per heavy atom. The van der Waals surface area contributed by atoms with Crippen LogP contribution >= 0.6 is 0 Å². The van der Waals surface area contributed by atoms with Gasteiger partial charge >= 0.3 is 0 Å². The van der Waals surface area contributed by atoms with Gasteiger partial charge in [-0.15, -0.1) is 0 Å². The molecule has 1 aliphatic rings. The molecular weight excluding hydrogens is 408 g/mol. The molecule has 0 N–H and O–H groups in total. The minimum absolute atomic E-state index is 0.487. The van der Waals surface area contributed by atoms with E-state index in [-0.39, 0.29) is 0 Å². The zero-order valence-corrected chi connectivity index (χ0v) is 16.8. The summed E-state index contributed by atoms with van der Waals surface area (Å²) in [7, 11) is 1.70. The number of hydrogen-bond donors (Lipinski definition) is 0. The van der Waals surface area contributed by atoms with Gasteiger partial charge in [-0.25, -0.2) is 17.6 Å². The van der Waals surface area contributed by atoms with Gasteiger partial charge in [0.1, 0.15) is 13.1 Å². The zero-order valence-electron chi connectivity index (χ0n) is 16.8. The molecule has 0 amide bonds. The van der Waals surface area contributed by atoms with Crippen molar-refractivity contribution in [2.45, 2.75) is 25.2 Å². The van der Waals surface area contributed by atoms with E-state index in [0.29, 0.717) is 5.71 Å². The lowest BCUT2D eigenvalue weighted by molar-refractivity contribution is -0.401. The molecule has 0 aromatic heterocycles. The Kier molecular flexibility index (Phi) is 5.40. The standard InChI is InChI=1S/C23H15F4N4/c1-23(2)14-6-4-5-7-15(14)31(3)16(23)8-12(9-28)17-19(24)21(26)18(13(10-29)11-30)22(27)20(17)25/h4-8,13H,1-3H3/q+1/b12-8+. The van der Waals surface area contributed by atoms with Crippen molar-refractivity contribution in [2.75, 3.05) is 7.05 Å². The number of fused-ring (bicyclic) bond motifs is 1. The highest BCUT2D eigenvalue weighted by molar-refractivity contribution is 6.08. The van der Waals surface area contributed by atoms with Gasteiger partial charge < -0.3 is 0 Å². The van der Waals surface area contributed by atoms with Crippen molar-refractivity contribution >= 4 is 17.0 Å². The van der Waals surface area contributed by atoms with Gasteiger partial charge in [-0.1, -0.05) is 18.2 Å². The molecule has 8 heteroatoms. The monoisotopic (exact) mass is 423 g/mol. The highest BCUT2D eigenvalue weighted by atomic mass is 19.2. The van der Waals surface area contributed by atoms with Crippen LogP contribution in [0.5, 0.6) is 0 Å². The first-order valence-corrected chi connectivity index (χ1v) is 9.09. The first-order valence-electron chi connectivity index (χ1n) is 9.09. The summed E-state index contributed by atoms with van der Waals surface area (Å²) in [6.45, 7) is 3.69. The Balaban J connectivity index is 2.28. The third kappa shape index (κ3) is 3.16. The summed E-state index contributed by atoms with van der Waals surface area (Å²) < 4.78 is 60.4. The van der Waals surface area contributed by atoms with E-state index < -0.39 is 51.3 Å². The van der Waals surface area contributed by atoms with E-state index in [0.717, 1.165) is 11.3 Å². The van der Waals surface area contributed by atoms with E-state index in [1.165, 1.54) is 18.2 Å². The lowest BCUT2D eigenvalue weighted by atomic mass is 9.80. The number of rotatable bonds is 3. The lowest BCUT2D eigenvalue weighted by Crippen LogP contribution is -2.27. The number of hydrogen-bond acceptors (Lipinski definition) is 3. The topological polar surface area (TPSA) is 74.4 Å². The summed E-state index contributed by atoms with van der Waals surface area (Å²) in [5, 5.41) is 27.3. The molecule has 2 aromatic carbocycles. The molecule has 0 spiro atoms. The quantitative estimate of drug-likeness (QED) is 0.302. The van der Waals surface area contributed by atoms with Crippen LogP contribution in [0.3, 0.4) is 0 Å². The third-order valence-electron chi connectivity index (χ3n) is 5.46. The molecule has 154 valence electrons. The molecule has 1 aliphatic heterocycles. The van der Waals surface area contributed by atoms with Crippen LogP contribution in [0.15, 0.2) is 30.3 Å². The summed E-state index contributed by atoms with van der Waals surface area (Å²) in [4.78, 5) is 0. The van der Waals surface area contributed by atoms with E-state index in [9.17, 15) is 22.8 Å². The molecule has 4 nitrogen and oxygen atoms in total. The molecule has 0 fully saturated rings. The lowest BCUT2D eigenvalue weighted by Gasteiger charge is -2.16. The van der Waals surface area contributed by atoms with Crippen LogP contribution in [0.25, 0.3) is 5.57 Å². The Bertz CT molecular complexity index is 1260. The molecule has 0 atom stereocenters. The minimum Gasteiger partial charge on any atom is -0.203 e. The smallest absolute Gasteiger partial charge is 0.203 e. The van der Waals surface area contributed by atoms with Crippen LogP contribution in [0, 0.1) is 57.3 Å². The molecule has 0 saturated carbocycles. The second kappa shape index (κ2) is 7.70. The number of halogens is 4. The molecule has 0 radical (unpaired) electrons. The Labute approximate surface area is 176 Å². The van der Waals surface area contributed by atoms with E-state index >= 15 is 0 Å². The summed E-state index contributed by atoms with van der Waals surface area (Å²) >= 11 is 0. The molecule has 0 unspecified atom stereocenters. The number of benzene rings is 2. The van der Waals surface area contributed by atoms with Gasteiger partial charge in [0.15, 0.2) is 34.9 Å². The summed E-state index contributed by atoms with van der Waals surface area (Å²) in [6.07, 6.45) is 1.19. The van der Waals surface area contributed by atoms with Crippen molar-refractivity contribution in [1.29, 1.82) is 15.8 Å². The Morgan fingerprint density at radius 1 is 0.968 bits per heavy atom. The molecule has 0 bridgehead atoms. The Morgan fingerprint density at radius 2 is 1.52 bits per heavy atom. The third-order valence-corrected chi connectivity index (χ3v) is 5.46. The highest BCUT2D eigenvalue weighted by Gasteiger charge is 2.43. The maximum absolute atomic E-state index is 14.8. The first-order chi connectivity index (χ1) is 14.6. The fourth-order valence-electron chi connectivity index (χ4n) is 3.85.